The standard InChI is InChI=1S/C22H28N2O2/c1-17-9-13-19(14-10-17)23-21(25)7-5-3-4-6-8-22(26)24-20-15-11-18(2)12-16-20/h9-16H,3-8H2,1-2H3,(H,23,25)(H,24,26). The number of rotatable bonds is 9. The summed E-state index contributed by atoms with van der Waals surface area (Å²) in [6.07, 6.45) is 4.64. The Morgan fingerprint density at radius 1 is 0.615 bits per heavy atom. The molecule has 2 aromatic rings. The van der Waals surface area contributed by atoms with Crippen molar-refractivity contribution in [3.8, 4) is 0 Å². The highest BCUT2D eigenvalue weighted by molar-refractivity contribution is 5.91. The van der Waals surface area contributed by atoms with Crippen LogP contribution < -0.4 is 10.6 Å². The van der Waals surface area contributed by atoms with E-state index in [1.807, 2.05) is 62.4 Å². The van der Waals surface area contributed by atoms with E-state index in [0.29, 0.717) is 12.8 Å². The number of hydrogen-bond acceptors (Lipinski definition) is 2. The largest absolute Gasteiger partial charge is 0.326 e. The van der Waals surface area contributed by atoms with Crippen molar-refractivity contribution < 1.29 is 9.59 Å². The van der Waals surface area contributed by atoms with Crippen LogP contribution in [0.25, 0.3) is 0 Å². The summed E-state index contributed by atoms with van der Waals surface area (Å²) in [6, 6.07) is 15.6. The zero-order chi connectivity index (χ0) is 18.8. The monoisotopic (exact) mass is 352 g/mol. The minimum absolute atomic E-state index is 0.0472. The van der Waals surface area contributed by atoms with Gasteiger partial charge in [-0.2, -0.15) is 0 Å². The first-order chi connectivity index (χ1) is 12.5. The van der Waals surface area contributed by atoms with Crippen LogP contribution in [0, 0.1) is 13.8 Å². The van der Waals surface area contributed by atoms with Gasteiger partial charge in [0.25, 0.3) is 0 Å². The van der Waals surface area contributed by atoms with Gasteiger partial charge in [0.1, 0.15) is 0 Å². The Bertz CT molecular complexity index is 642. The molecular formula is C22H28N2O2. The van der Waals surface area contributed by atoms with E-state index >= 15 is 0 Å². The summed E-state index contributed by atoms with van der Waals surface area (Å²) in [4.78, 5) is 23.8. The molecule has 4 heteroatoms. The van der Waals surface area contributed by atoms with Gasteiger partial charge < -0.3 is 10.6 Å². The number of anilines is 2. The molecule has 0 saturated carbocycles. The Balaban J connectivity index is 1.53. The highest BCUT2D eigenvalue weighted by Crippen LogP contribution is 2.12. The third kappa shape index (κ3) is 7.51. The average Bonchev–Trinajstić information content (AvgIpc) is 2.62. The zero-order valence-electron chi connectivity index (χ0n) is 15.7. The van der Waals surface area contributed by atoms with Crippen LogP contribution in [0.1, 0.15) is 49.7 Å². The summed E-state index contributed by atoms with van der Waals surface area (Å²) in [5.41, 5.74) is 4.03. The van der Waals surface area contributed by atoms with Crippen LogP contribution in [0.15, 0.2) is 48.5 Å². The second-order valence-corrected chi connectivity index (χ2v) is 6.74. The molecular weight excluding hydrogens is 324 g/mol. The maximum absolute atomic E-state index is 11.9. The van der Waals surface area contributed by atoms with Crippen molar-refractivity contribution >= 4 is 23.2 Å². The van der Waals surface area contributed by atoms with E-state index in [2.05, 4.69) is 10.6 Å². The molecule has 0 aliphatic rings. The SMILES string of the molecule is Cc1ccc(NC(=O)CCCCCCC(=O)Nc2ccc(C)cc2)cc1. The predicted molar refractivity (Wildman–Crippen MR) is 107 cm³/mol. The Morgan fingerprint density at radius 3 is 1.31 bits per heavy atom. The topological polar surface area (TPSA) is 58.2 Å². The molecule has 2 amide bonds. The second kappa shape index (κ2) is 10.4. The molecule has 4 nitrogen and oxygen atoms in total. The Kier molecular flexibility index (Phi) is 7.87. The lowest BCUT2D eigenvalue weighted by atomic mass is 10.1. The first-order valence-electron chi connectivity index (χ1n) is 9.26. The number of nitrogens with one attached hydrogen (secondary N) is 2. The van der Waals surface area contributed by atoms with Crippen LogP contribution in [0.2, 0.25) is 0 Å². The van der Waals surface area contributed by atoms with Crippen LogP contribution in [0.4, 0.5) is 11.4 Å². The lowest BCUT2D eigenvalue weighted by molar-refractivity contribution is -0.117. The number of amides is 2. The molecule has 0 bridgehead atoms. The number of unbranched alkanes of at least 4 members (excludes halogenated alkanes) is 3. The van der Waals surface area contributed by atoms with E-state index in [1.54, 1.807) is 0 Å². The summed E-state index contributed by atoms with van der Waals surface area (Å²) in [5.74, 6) is 0.0944. The van der Waals surface area contributed by atoms with E-state index in [0.717, 1.165) is 37.1 Å². The van der Waals surface area contributed by atoms with Crippen molar-refractivity contribution in [1.29, 1.82) is 0 Å². The van der Waals surface area contributed by atoms with Gasteiger partial charge in [0.2, 0.25) is 11.8 Å². The van der Waals surface area contributed by atoms with Gasteiger partial charge in [-0.3, -0.25) is 9.59 Å². The quantitative estimate of drug-likeness (QED) is 0.608. The van der Waals surface area contributed by atoms with Gasteiger partial charge in [0, 0.05) is 24.2 Å². The number of carbonyl (C=O) groups is 2. The molecule has 0 fully saturated rings. The minimum Gasteiger partial charge on any atom is -0.326 e. The van der Waals surface area contributed by atoms with Gasteiger partial charge in [-0.15, -0.1) is 0 Å². The highest BCUT2D eigenvalue weighted by Gasteiger charge is 2.04. The summed E-state index contributed by atoms with van der Waals surface area (Å²) >= 11 is 0. The van der Waals surface area contributed by atoms with Crippen LogP contribution in [0.5, 0.6) is 0 Å². The van der Waals surface area contributed by atoms with Crippen molar-refractivity contribution in [2.24, 2.45) is 0 Å². The van der Waals surface area contributed by atoms with Gasteiger partial charge in [0.15, 0.2) is 0 Å². The lowest BCUT2D eigenvalue weighted by Gasteiger charge is -2.06. The van der Waals surface area contributed by atoms with Gasteiger partial charge >= 0.3 is 0 Å². The minimum atomic E-state index is 0.0472. The van der Waals surface area contributed by atoms with Crippen molar-refractivity contribution in [2.45, 2.75) is 52.4 Å². The van der Waals surface area contributed by atoms with Crippen LogP contribution in [-0.2, 0) is 9.59 Å². The molecule has 2 N–H and O–H groups in total. The molecule has 2 rings (SSSR count). The van der Waals surface area contributed by atoms with Crippen LogP contribution >= 0.6 is 0 Å². The van der Waals surface area contributed by atoms with Crippen LogP contribution in [0.3, 0.4) is 0 Å². The highest BCUT2D eigenvalue weighted by atomic mass is 16.2. The fourth-order valence-corrected chi connectivity index (χ4v) is 2.65. The number of benzene rings is 2. The molecule has 0 aliphatic carbocycles. The number of hydrogen-bond donors (Lipinski definition) is 2. The molecule has 138 valence electrons. The van der Waals surface area contributed by atoms with E-state index in [4.69, 9.17) is 0 Å². The first-order valence-corrected chi connectivity index (χ1v) is 9.26. The Hall–Kier alpha value is -2.62. The van der Waals surface area contributed by atoms with Crippen molar-refractivity contribution in [2.75, 3.05) is 10.6 Å². The number of carbonyl (C=O) groups excluding carboxylic acids is 2. The van der Waals surface area contributed by atoms with E-state index in [-0.39, 0.29) is 11.8 Å². The van der Waals surface area contributed by atoms with Gasteiger partial charge in [-0.05, 0) is 51.0 Å². The molecule has 0 spiro atoms. The molecule has 0 aliphatic heterocycles. The third-order valence-corrected chi connectivity index (χ3v) is 4.23. The van der Waals surface area contributed by atoms with Crippen molar-refractivity contribution in [1.82, 2.24) is 0 Å². The van der Waals surface area contributed by atoms with E-state index < -0.39 is 0 Å². The van der Waals surface area contributed by atoms with E-state index in [1.165, 1.54) is 11.1 Å². The smallest absolute Gasteiger partial charge is 0.224 e. The molecule has 26 heavy (non-hydrogen) atoms. The van der Waals surface area contributed by atoms with Gasteiger partial charge in [-0.25, -0.2) is 0 Å². The molecule has 0 saturated heterocycles. The Morgan fingerprint density at radius 2 is 0.962 bits per heavy atom. The molecule has 0 atom stereocenters. The first kappa shape index (κ1) is 19.7. The third-order valence-electron chi connectivity index (χ3n) is 4.23. The molecule has 0 radical (unpaired) electrons. The molecule has 0 unspecified atom stereocenters. The summed E-state index contributed by atoms with van der Waals surface area (Å²) in [6.45, 7) is 4.04. The van der Waals surface area contributed by atoms with Crippen molar-refractivity contribution in [3.63, 3.8) is 0 Å². The fraction of sp³-hybridized carbons (Fsp3) is 0.364. The molecule has 0 aromatic heterocycles. The fourth-order valence-electron chi connectivity index (χ4n) is 2.65. The number of aryl methyl sites for hydroxylation is 2. The predicted octanol–water partition coefficient (Wildman–Crippen LogP) is 5.22. The zero-order valence-corrected chi connectivity index (χ0v) is 15.7. The lowest BCUT2D eigenvalue weighted by Crippen LogP contribution is -2.11. The van der Waals surface area contributed by atoms with Crippen molar-refractivity contribution in [3.05, 3.63) is 59.7 Å². The maximum Gasteiger partial charge on any atom is 0.224 e. The maximum atomic E-state index is 11.9. The summed E-state index contributed by atoms with van der Waals surface area (Å²) in [7, 11) is 0. The molecule has 0 heterocycles. The normalized spacial score (nSPS) is 10.4. The summed E-state index contributed by atoms with van der Waals surface area (Å²) < 4.78 is 0. The second-order valence-electron chi connectivity index (χ2n) is 6.74. The average molecular weight is 352 g/mol. The van der Waals surface area contributed by atoms with Crippen LogP contribution in [-0.4, -0.2) is 11.8 Å². The van der Waals surface area contributed by atoms with E-state index in [9.17, 15) is 9.59 Å². The molecule has 2 aromatic carbocycles. The summed E-state index contributed by atoms with van der Waals surface area (Å²) in [5, 5.41) is 5.81. The Labute approximate surface area is 156 Å². The van der Waals surface area contributed by atoms with Gasteiger partial charge in [-0.1, -0.05) is 48.2 Å². The van der Waals surface area contributed by atoms with Gasteiger partial charge in [0.05, 0.1) is 0 Å².